The second-order valence-electron chi connectivity index (χ2n) is 5.47. The van der Waals surface area contributed by atoms with E-state index in [-0.39, 0.29) is 5.41 Å². The van der Waals surface area contributed by atoms with Gasteiger partial charge in [-0.25, -0.2) is 0 Å². The molecule has 2 rings (SSSR count). The Labute approximate surface area is 114 Å². The molecule has 1 nitrogen and oxygen atoms in total. The van der Waals surface area contributed by atoms with E-state index in [0.29, 0.717) is 0 Å². The highest BCUT2D eigenvalue weighted by Gasteiger charge is 2.29. The van der Waals surface area contributed by atoms with Gasteiger partial charge in [0.25, 0.3) is 0 Å². The fourth-order valence-corrected chi connectivity index (χ4v) is 3.56. The van der Waals surface area contributed by atoms with Crippen LogP contribution in [0.5, 0.6) is 0 Å². The maximum atomic E-state index is 11.3. The van der Waals surface area contributed by atoms with E-state index in [1.165, 1.54) is 16.9 Å². The summed E-state index contributed by atoms with van der Waals surface area (Å²) in [6.45, 7) is 4.37. The molecule has 0 aromatic heterocycles. The summed E-state index contributed by atoms with van der Waals surface area (Å²) in [6, 6.07) is 10.4. The fourth-order valence-electron chi connectivity index (χ4n) is 2.57. The number of hydrogen-bond acceptors (Lipinski definition) is 2. The van der Waals surface area contributed by atoms with E-state index >= 15 is 0 Å². The predicted octanol–water partition coefficient (Wildman–Crippen LogP) is 4.48. The van der Waals surface area contributed by atoms with Gasteiger partial charge in [0.2, 0.25) is 0 Å². The van der Waals surface area contributed by atoms with E-state index in [1.54, 1.807) is 0 Å². The van der Waals surface area contributed by atoms with Crippen LogP contribution in [-0.4, -0.2) is 12.0 Å². The monoisotopic (exact) mass is 260 g/mol. The number of hydrogen-bond donors (Lipinski definition) is 0. The molecule has 0 unspecified atom stereocenters. The van der Waals surface area contributed by atoms with Crippen LogP contribution >= 0.6 is 11.8 Å². The van der Waals surface area contributed by atoms with Gasteiger partial charge in [0.05, 0.1) is 0 Å². The van der Waals surface area contributed by atoms with Crippen molar-refractivity contribution in [3.63, 3.8) is 0 Å². The van der Waals surface area contributed by atoms with Crippen molar-refractivity contribution in [2.45, 2.75) is 38.0 Å². The molecule has 1 aromatic rings. The van der Waals surface area contributed by atoms with Crippen LogP contribution in [0.3, 0.4) is 0 Å². The van der Waals surface area contributed by atoms with Gasteiger partial charge in [-0.05, 0) is 42.4 Å². The van der Waals surface area contributed by atoms with Crippen molar-refractivity contribution in [2.75, 3.05) is 5.75 Å². The lowest BCUT2D eigenvalue weighted by Crippen LogP contribution is -2.22. The van der Waals surface area contributed by atoms with E-state index in [0.717, 1.165) is 30.5 Å². The molecular weight excluding hydrogens is 240 g/mol. The van der Waals surface area contributed by atoms with Crippen LogP contribution in [0.1, 0.15) is 33.1 Å². The van der Waals surface area contributed by atoms with E-state index in [2.05, 4.69) is 38.1 Å². The molecule has 0 amide bonds. The highest BCUT2D eigenvalue weighted by Crippen LogP contribution is 2.40. The van der Waals surface area contributed by atoms with Gasteiger partial charge in [-0.1, -0.05) is 37.6 Å². The van der Waals surface area contributed by atoms with Crippen molar-refractivity contribution < 1.29 is 4.79 Å². The number of thioether (sulfide) groups is 1. The van der Waals surface area contributed by atoms with Crippen molar-refractivity contribution in [1.82, 2.24) is 0 Å². The molecule has 0 radical (unpaired) electrons. The summed E-state index contributed by atoms with van der Waals surface area (Å²) in [7, 11) is 0. The quantitative estimate of drug-likeness (QED) is 0.586. The Kier molecular flexibility index (Phi) is 4.28. The number of rotatable bonds is 4. The SMILES string of the molecule is CC1(C)CCCC(CSc2ccccc2)=C1C=O. The van der Waals surface area contributed by atoms with Crippen molar-refractivity contribution in [3.05, 3.63) is 41.5 Å². The third-order valence-electron chi connectivity index (χ3n) is 3.66. The molecule has 0 atom stereocenters. The zero-order valence-electron chi connectivity index (χ0n) is 11.1. The van der Waals surface area contributed by atoms with Gasteiger partial charge >= 0.3 is 0 Å². The van der Waals surface area contributed by atoms with Crippen LogP contribution < -0.4 is 0 Å². The summed E-state index contributed by atoms with van der Waals surface area (Å²) in [4.78, 5) is 12.6. The molecule has 0 heterocycles. The normalized spacial score (nSPS) is 18.8. The predicted molar refractivity (Wildman–Crippen MR) is 77.9 cm³/mol. The largest absolute Gasteiger partial charge is 0.298 e. The molecule has 18 heavy (non-hydrogen) atoms. The van der Waals surface area contributed by atoms with Crippen LogP contribution in [0.2, 0.25) is 0 Å². The first-order chi connectivity index (χ1) is 8.63. The Balaban J connectivity index is 2.12. The number of benzene rings is 1. The average molecular weight is 260 g/mol. The summed E-state index contributed by atoms with van der Waals surface area (Å²) in [5.41, 5.74) is 2.44. The van der Waals surface area contributed by atoms with E-state index < -0.39 is 0 Å². The molecule has 0 fully saturated rings. The Morgan fingerprint density at radius 2 is 2.00 bits per heavy atom. The summed E-state index contributed by atoms with van der Waals surface area (Å²) >= 11 is 1.83. The first kappa shape index (κ1) is 13.4. The van der Waals surface area contributed by atoms with Gasteiger partial charge in [-0.3, -0.25) is 4.79 Å². The van der Waals surface area contributed by atoms with Gasteiger partial charge in [0.1, 0.15) is 6.29 Å². The smallest absolute Gasteiger partial charge is 0.146 e. The molecule has 0 saturated heterocycles. The van der Waals surface area contributed by atoms with Crippen molar-refractivity contribution >= 4 is 18.0 Å². The lowest BCUT2D eigenvalue weighted by atomic mass is 9.73. The van der Waals surface area contributed by atoms with Crippen molar-refractivity contribution in [1.29, 1.82) is 0 Å². The number of aldehydes is 1. The van der Waals surface area contributed by atoms with E-state index in [9.17, 15) is 4.79 Å². The highest BCUT2D eigenvalue weighted by atomic mass is 32.2. The molecule has 0 N–H and O–H groups in total. The Hall–Kier alpha value is -1.02. The standard InChI is InChI=1S/C16H20OS/c1-16(2)10-6-7-13(15(16)11-17)12-18-14-8-4-3-5-9-14/h3-5,8-9,11H,6-7,10,12H2,1-2H3. The third kappa shape index (κ3) is 3.05. The van der Waals surface area contributed by atoms with E-state index in [1.807, 2.05) is 17.8 Å². The zero-order valence-corrected chi connectivity index (χ0v) is 11.9. The fraction of sp³-hybridized carbons (Fsp3) is 0.438. The van der Waals surface area contributed by atoms with Gasteiger partial charge < -0.3 is 0 Å². The molecule has 2 heteroatoms. The Morgan fingerprint density at radius 1 is 1.28 bits per heavy atom. The molecule has 0 aliphatic heterocycles. The van der Waals surface area contributed by atoms with Crippen molar-refractivity contribution in [2.24, 2.45) is 5.41 Å². The first-order valence-electron chi connectivity index (χ1n) is 6.49. The number of carbonyl (C=O) groups is 1. The minimum absolute atomic E-state index is 0.0621. The Morgan fingerprint density at radius 3 is 2.67 bits per heavy atom. The van der Waals surface area contributed by atoms with Crippen LogP contribution in [-0.2, 0) is 4.79 Å². The summed E-state index contributed by atoms with van der Waals surface area (Å²) in [5, 5.41) is 0. The molecule has 0 spiro atoms. The molecular formula is C16H20OS. The molecule has 1 aromatic carbocycles. The van der Waals surface area contributed by atoms with Gasteiger partial charge in [-0.15, -0.1) is 11.8 Å². The Bertz CT molecular complexity index is 445. The molecule has 0 bridgehead atoms. The van der Waals surface area contributed by atoms with Crippen LogP contribution in [0.25, 0.3) is 0 Å². The second kappa shape index (κ2) is 5.75. The highest BCUT2D eigenvalue weighted by molar-refractivity contribution is 7.99. The topological polar surface area (TPSA) is 17.1 Å². The summed E-state index contributed by atoms with van der Waals surface area (Å²) in [5.74, 6) is 0.946. The minimum Gasteiger partial charge on any atom is -0.298 e. The van der Waals surface area contributed by atoms with Gasteiger partial charge in [0, 0.05) is 10.6 Å². The van der Waals surface area contributed by atoms with Crippen LogP contribution in [0, 0.1) is 5.41 Å². The summed E-state index contributed by atoms with van der Waals surface area (Å²) in [6.07, 6.45) is 4.49. The average Bonchev–Trinajstić information content (AvgIpc) is 2.36. The maximum absolute atomic E-state index is 11.3. The molecule has 1 aliphatic rings. The van der Waals surface area contributed by atoms with Gasteiger partial charge in [0.15, 0.2) is 0 Å². The summed E-state index contributed by atoms with van der Waals surface area (Å²) < 4.78 is 0. The molecule has 0 saturated carbocycles. The number of carbonyl (C=O) groups excluding carboxylic acids is 1. The third-order valence-corrected chi connectivity index (χ3v) is 4.76. The molecule has 1 aliphatic carbocycles. The second-order valence-corrected chi connectivity index (χ2v) is 6.52. The minimum atomic E-state index is 0.0621. The maximum Gasteiger partial charge on any atom is 0.146 e. The lowest BCUT2D eigenvalue weighted by molar-refractivity contribution is -0.105. The van der Waals surface area contributed by atoms with E-state index in [4.69, 9.17) is 0 Å². The lowest BCUT2D eigenvalue weighted by Gasteiger charge is -2.32. The number of allylic oxidation sites excluding steroid dienone is 1. The van der Waals surface area contributed by atoms with Crippen molar-refractivity contribution in [3.8, 4) is 0 Å². The first-order valence-corrected chi connectivity index (χ1v) is 7.47. The molecule has 96 valence electrons. The zero-order chi connectivity index (χ0) is 13.0. The van der Waals surface area contributed by atoms with Crippen LogP contribution in [0.15, 0.2) is 46.4 Å². The van der Waals surface area contributed by atoms with Gasteiger partial charge in [-0.2, -0.15) is 0 Å². The van der Waals surface area contributed by atoms with Crippen LogP contribution in [0.4, 0.5) is 0 Å².